The molecule has 0 bridgehead atoms. The molecule has 7 heteroatoms. The fraction of sp³-hybridized carbons (Fsp3) is 0.350. The highest BCUT2D eigenvalue weighted by Crippen LogP contribution is 2.26. The highest BCUT2D eigenvalue weighted by molar-refractivity contribution is 7.91. The molecular weight excluding hydrogens is 369 g/mol. The van der Waals surface area contributed by atoms with Crippen LogP contribution in [0.5, 0.6) is 5.75 Å². The number of hydrogen-bond acceptors (Lipinski definition) is 4. The van der Waals surface area contributed by atoms with Gasteiger partial charge in [-0.1, -0.05) is 24.3 Å². The second-order valence-electron chi connectivity index (χ2n) is 6.55. The minimum atomic E-state index is -3.18. The molecule has 0 radical (unpaired) electrons. The van der Waals surface area contributed by atoms with Crippen LogP contribution < -0.4 is 4.74 Å². The molecule has 0 unspecified atom stereocenters. The average Bonchev–Trinajstić information content (AvgIpc) is 2.99. The predicted octanol–water partition coefficient (Wildman–Crippen LogP) is 3.05. The Kier molecular flexibility index (Phi) is 5.79. The molecule has 0 N–H and O–H groups in total. The number of ether oxygens (including phenoxy) is 1. The van der Waals surface area contributed by atoms with E-state index < -0.39 is 21.7 Å². The lowest BCUT2D eigenvalue weighted by atomic mass is 10.1. The number of rotatable bonds is 6. The molecule has 5 nitrogen and oxygen atoms in total. The van der Waals surface area contributed by atoms with E-state index in [4.69, 9.17) is 4.74 Å². The Bertz CT molecular complexity index is 929. The van der Waals surface area contributed by atoms with Gasteiger partial charge in [-0.2, -0.15) is 0 Å². The highest BCUT2D eigenvalue weighted by atomic mass is 32.2. The van der Waals surface area contributed by atoms with Crippen molar-refractivity contribution in [3.05, 3.63) is 65.5 Å². The third-order valence-corrected chi connectivity index (χ3v) is 6.32. The van der Waals surface area contributed by atoms with E-state index in [1.54, 1.807) is 36.4 Å². The number of carbonyl (C=O) groups is 1. The van der Waals surface area contributed by atoms with Crippen LogP contribution >= 0.6 is 0 Å². The summed E-state index contributed by atoms with van der Waals surface area (Å²) in [5.41, 5.74) is 0.988. The first-order chi connectivity index (χ1) is 12.9. The van der Waals surface area contributed by atoms with Crippen molar-refractivity contribution in [1.82, 2.24) is 4.90 Å². The Morgan fingerprint density at radius 2 is 2.00 bits per heavy atom. The molecule has 0 aliphatic carbocycles. The summed E-state index contributed by atoms with van der Waals surface area (Å²) in [5.74, 6) is -0.281. The zero-order valence-corrected chi connectivity index (χ0v) is 15.9. The van der Waals surface area contributed by atoms with Crippen molar-refractivity contribution in [2.45, 2.75) is 25.9 Å². The van der Waals surface area contributed by atoms with E-state index in [1.807, 2.05) is 6.92 Å². The van der Waals surface area contributed by atoms with E-state index in [9.17, 15) is 17.6 Å². The predicted molar refractivity (Wildman–Crippen MR) is 101 cm³/mol. The number of para-hydroxylation sites is 1. The van der Waals surface area contributed by atoms with Crippen molar-refractivity contribution >= 4 is 15.7 Å². The number of sulfone groups is 1. The molecule has 144 valence electrons. The molecule has 27 heavy (non-hydrogen) atoms. The van der Waals surface area contributed by atoms with E-state index in [-0.39, 0.29) is 24.0 Å². The number of amides is 1. The van der Waals surface area contributed by atoms with Gasteiger partial charge in [0.25, 0.3) is 5.91 Å². The van der Waals surface area contributed by atoms with Crippen LogP contribution in [0.25, 0.3) is 0 Å². The van der Waals surface area contributed by atoms with Crippen LogP contribution in [0.4, 0.5) is 4.39 Å². The molecule has 2 aromatic rings. The van der Waals surface area contributed by atoms with Crippen LogP contribution in [0, 0.1) is 5.82 Å². The van der Waals surface area contributed by atoms with E-state index in [0.29, 0.717) is 29.9 Å². The normalized spacial score (nSPS) is 18.2. The summed E-state index contributed by atoms with van der Waals surface area (Å²) in [7, 11) is -3.18. The van der Waals surface area contributed by atoms with Crippen molar-refractivity contribution in [3.8, 4) is 5.75 Å². The van der Waals surface area contributed by atoms with Crippen molar-refractivity contribution in [1.29, 1.82) is 0 Å². The summed E-state index contributed by atoms with van der Waals surface area (Å²) in [5, 5.41) is 0. The lowest BCUT2D eigenvalue weighted by Crippen LogP contribution is -2.40. The first-order valence-corrected chi connectivity index (χ1v) is 10.7. The van der Waals surface area contributed by atoms with Crippen LogP contribution in [0.2, 0.25) is 0 Å². The van der Waals surface area contributed by atoms with Crippen LogP contribution in [0.15, 0.2) is 48.5 Å². The smallest absolute Gasteiger partial charge is 0.258 e. The maximum absolute atomic E-state index is 13.6. The molecule has 1 aliphatic heterocycles. The lowest BCUT2D eigenvalue weighted by molar-refractivity contribution is 0.0676. The zero-order valence-electron chi connectivity index (χ0n) is 15.1. The van der Waals surface area contributed by atoms with Gasteiger partial charge in [0.05, 0.1) is 23.7 Å². The van der Waals surface area contributed by atoms with Gasteiger partial charge in [0.15, 0.2) is 9.84 Å². The molecular formula is C20H22FNO4S. The van der Waals surface area contributed by atoms with Crippen molar-refractivity contribution < 1.29 is 22.3 Å². The number of hydrogen-bond donors (Lipinski definition) is 0. The maximum atomic E-state index is 13.6. The van der Waals surface area contributed by atoms with E-state index in [2.05, 4.69) is 0 Å². The summed E-state index contributed by atoms with van der Waals surface area (Å²) in [6, 6.07) is 12.4. The van der Waals surface area contributed by atoms with Crippen LogP contribution in [-0.4, -0.2) is 43.4 Å². The molecule has 0 saturated carbocycles. The number of halogens is 1. The first kappa shape index (κ1) is 19.4. The van der Waals surface area contributed by atoms with Crippen LogP contribution in [0.3, 0.4) is 0 Å². The average molecular weight is 391 g/mol. The molecule has 1 fully saturated rings. The number of nitrogens with zero attached hydrogens (tertiary/aromatic N) is 1. The fourth-order valence-corrected chi connectivity index (χ4v) is 5.03. The van der Waals surface area contributed by atoms with Gasteiger partial charge in [0, 0.05) is 12.6 Å². The van der Waals surface area contributed by atoms with E-state index >= 15 is 0 Å². The minimum absolute atomic E-state index is 0.0533. The Hall–Kier alpha value is -2.41. The zero-order chi connectivity index (χ0) is 19.4. The third-order valence-electron chi connectivity index (χ3n) is 4.57. The quantitative estimate of drug-likeness (QED) is 0.759. The summed E-state index contributed by atoms with van der Waals surface area (Å²) in [6.07, 6.45) is 0.375. The van der Waals surface area contributed by atoms with Crippen LogP contribution in [0.1, 0.15) is 29.3 Å². The second kappa shape index (κ2) is 8.08. The van der Waals surface area contributed by atoms with Gasteiger partial charge >= 0.3 is 0 Å². The van der Waals surface area contributed by atoms with E-state index in [0.717, 1.165) is 0 Å². The molecule has 1 aliphatic rings. The molecule has 1 heterocycles. The van der Waals surface area contributed by atoms with Crippen molar-refractivity contribution in [2.75, 3.05) is 18.1 Å². The number of benzene rings is 2. The topological polar surface area (TPSA) is 63.7 Å². The Morgan fingerprint density at radius 3 is 2.67 bits per heavy atom. The summed E-state index contributed by atoms with van der Waals surface area (Å²) >= 11 is 0. The molecule has 1 atom stereocenters. The summed E-state index contributed by atoms with van der Waals surface area (Å²) < 4.78 is 43.1. The maximum Gasteiger partial charge on any atom is 0.258 e. The number of carbonyl (C=O) groups excluding carboxylic acids is 1. The van der Waals surface area contributed by atoms with Gasteiger partial charge in [-0.05, 0) is 43.2 Å². The SMILES string of the molecule is CCOc1ccccc1C(=O)N(Cc1cccc(F)c1)[C@H]1CCS(=O)(=O)C1. The van der Waals surface area contributed by atoms with Crippen molar-refractivity contribution in [3.63, 3.8) is 0 Å². The fourth-order valence-electron chi connectivity index (χ4n) is 3.30. The second-order valence-corrected chi connectivity index (χ2v) is 8.78. The standard InChI is InChI=1S/C20H22FNO4S/c1-2-26-19-9-4-3-8-18(19)20(23)22(17-10-11-27(24,25)14-17)13-15-6-5-7-16(21)12-15/h3-9,12,17H,2,10-11,13-14H2,1H3/t17-/m0/s1. The van der Waals surface area contributed by atoms with Crippen LogP contribution in [-0.2, 0) is 16.4 Å². The first-order valence-electron chi connectivity index (χ1n) is 8.87. The third kappa shape index (κ3) is 4.66. The van der Waals surface area contributed by atoms with E-state index in [1.165, 1.54) is 17.0 Å². The monoisotopic (exact) mass is 391 g/mol. The molecule has 0 aromatic heterocycles. The summed E-state index contributed by atoms with van der Waals surface area (Å²) in [6.45, 7) is 2.37. The molecule has 2 aromatic carbocycles. The Labute approximate surface area is 158 Å². The largest absolute Gasteiger partial charge is 0.493 e. The van der Waals surface area contributed by atoms with Gasteiger partial charge in [0.1, 0.15) is 11.6 Å². The molecule has 1 saturated heterocycles. The van der Waals surface area contributed by atoms with Gasteiger partial charge in [-0.3, -0.25) is 4.79 Å². The molecule has 1 amide bonds. The minimum Gasteiger partial charge on any atom is -0.493 e. The Morgan fingerprint density at radius 1 is 1.22 bits per heavy atom. The molecule has 3 rings (SSSR count). The van der Waals surface area contributed by atoms with Gasteiger partial charge < -0.3 is 9.64 Å². The summed E-state index contributed by atoms with van der Waals surface area (Å²) in [4.78, 5) is 14.8. The lowest BCUT2D eigenvalue weighted by Gasteiger charge is -2.29. The highest BCUT2D eigenvalue weighted by Gasteiger charge is 2.35. The van der Waals surface area contributed by atoms with Gasteiger partial charge in [-0.25, -0.2) is 12.8 Å². The van der Waals surface area contributed by atoms with Crippen molar-refractivity contribution in [2.24, 2.45) is 0 Å². The van der Waals surface area contributed by atoms with Gasteiger partial charge in [-0.15, -0.1) is 0 Å². The molecule has 0 spiro atoms. The Balaban J connectivity index is 1.95. The van der Waals surface area contributed by atoms with Gasteiger partial charge in [0.2, 0.25) is 0 Å².